The molecule has 2 aromatic rings. The van der Waals surface area contributed by atoms with Crippen molar-refractivity contribution < 1.29 is 4.52 Å². The summed E-state index contributed by atoms with van der Waals surface area (Å²) in [5.41, 5.74) is 2.86. The molecule has 0 saturated heterocycles. The Morgan fingerprint density at radius 2 is 1.90 bits per heavy atom. The van der Waals surface area contributed by atoms with E-state index in [2.05, 4.69) is 67.4 Å². The summed E-state index contributed by atoms with van der Waals surface area (Å²) < 4.78 is 4.71. The van der Waals surface area contributed by atoms with Gasteiger partial charge in [0.25, 0.3) is 0 Å². The Labute approximate surface area is 120 Å². The average molecular weight is 273 g/mol. The third-order valence-electron chi connectivity index (χ3n) is 3.48. The van der Waals surface area contributed by atoms with Gasteiger partial charge in [0.05, 0.1) is 0 Å². The summed E-state index contributed by atoms with van der Waals surface area (Å²) in [6.45, 7) is 9.70. The molecule has 20 heavy (non-hydrogen) atoms. The van der Waals surface area contributed by atoms with Crippen molar-refractivity contribution in [2.75, 3.05) is 6.54 Å². The molecule has 0 amide bonds. The second-order valence-electron chi connectivity index (χ2n) is 6.15. The first-order chi connectivity index (χ1) is 9.47. The van der Waals surface area contributed by atoms with Gasteiger partial charge in [-0.3, -0.25) is 0 Å². The topological polar surface area (TPSA) is 51.0 Å². The quantitative estimate of drug-likeness (QED) is 0.908. The molecule has 0 bridgehead atoms. The Hall–Kier alpha value is -1.68. The molecule has 1 atom stereocenters. The van der Waals surface area contributed by atoms with Gasteiger partial charge in [0, 0.05) is 19.0 Å². The maximum Gasteiger partial charge on any atom is 0.213 e. The molecule has 0 spiro atoms. The molecule has 0 fully saturated rings. The van der Waals surface area contributed by atoms with Crippen LogP contribution in [0.1, 0.15) is 50.7 Å². The molecule has 0 aliphatic heterocycles. The van der Waals surface area contributed by atoms with E-state index in [1.165, 1.54) is 17.5 Å². The molecule has 4 heteroatoms. The van der Waals surface area contributed by atoms with Crippen LogP contribution in [0.5, 0.6) is 0 Å². The number of rotatable bonds is 5. The van der Waals surface area contributed by atoms with Gasteiger partial charge in [-0.15, -0.1) is 0 Å². The third kappa shape index (κ3) is 3.90. The van der Waals surface area contributed by atoms with Crippen LogP contribution < -0.4 is 5.32 Å². The molecule has 0 radical (unpaired) electrons. The van der Waals surface area contributed by atoms with Gasteiger partial charge in [0.15, 0.2) is 5.82 Å². The summed E-state index contributed by atoms with van der Waals surface area (Å²) in [7, 11) is 0. The van der Waals surface area contributed by atoms with Crippen LogP contribution in [0.4, 0.5) is 0 Å². The summed E-state index contributed by atoms with van der Waals surface area (Å²) in [5.74, 6) is 0.743. The zero-order valence-corrected chi connectivity index (χ0v) is 12.7. The van der Waals surface area contributed by atoms with Gasteiger partial charge in [-0.2, -0.15) is 4.98 Å². The number of nitrogens with zero attached hydrogens (tertiary/aromatic N) is 2. The van der Waals surface area contributed by atoms with Crippen LogP contribution in [0, 0.1) is 0 Å². The lowest BCUT2D eigenvalue weighted by Crippen LogP contribution is -2.22. The first-order valence-corrected chi connectivity index (χ1v) is 7.06. The zero-order valence-electron chi connectivity index (χ0n) is 12.7. The van der Waals surface area contributed by atoms with Crippen LogP contribution in [0.25, 0.3) is 0 Å². The molecule has 2 rings (SSSR count). The smallest absolute Gasteiger partial charge is 0.213 e. The Balaban J connectivity index is 1.87. The van der Waals surface area contributed by atoms with Crippen LogP contribution in [0.3, 0.4) is 0 Å². The van der Waals surface area contributed by atoms with Crippen LogP contribution in [0.15, 0.2) is 35.2 Å². The molecular weight excluding hydrogens is 250 g/mol. The molecule has 0 aliphatic rings. The van der Waals surface area contributed by atoms with E-state index in [1.54, 1.807) is 0 Å². The second kappa shape index (κ2) is 6.18. The van der Waals surface area contributed by atoms with Crippen LogP contribution in [0.2, 0.25) is 0 Å². The largest absolute Gasteiger partial charge is 0.343 e. The highest BCUT2D eigenvalue weighted by atomic mass is 16.5. The van der Waals surface area contributed by atoms with Crippen LogP contribution in [-0.2, 0) is 11.8 Å². The van der Waals surface area contributed by atoms with Gasteiger partial charge in [0.2, 0.25) is 6.39 Å². The minimum Gasteiger partial charge on any atom is -0.343 e. The van der Waals surface area contributed by atoms with Crippen molar-refractivity contribution in [3.63, 3.8) is 0 Å². The zero-order chi connectivity index (χ0) is 14.6. The highest BCUT2D eigenvalue weighted by molar-refractivity contribution is 5.29. The number of benzene rings is 1. The third-order valence-corrected chi connectivity index (χ3v) is 3.48. The lowest BCUT2D eigenvalue weighted by atomic mass is 9.86. The predicted molar refractivity (Wildman–Crippen MR) is 79.6 cm³/mol. The molecule has 1 aromatic heterocycles. The second-order valence-corrected chi connectivity index (χ2v) is 6.15. The fourth-order valence-corrected chi connectivity index (χ4v) is 2.09. The van der Waals surface area contributed by atoms with Crippen molar-refractivity contribution in [3.8, 4) is 0 Å². The number of hydrogen-bond acceptors (Lipinski definition) is 4. The van der Waals surface area contributed by atoms with Crippen LogP contribution in [-0.4, -0.2) is 16.7 Å². The van der Waals surface area contributed by atoms with E-state index >= 15 is 0 Å². The molecule has 0 aliphatic carbocycles. The molecule has 1 unspecified atom stereocenters. The number of nitrogens with one attached hydrogen (secondary N) is 1. The standard InChI is InChI=1S/C16H23N3O/c1-12(17-10-9-15-18-11-20-19-15)13-5-7-14(8-6-13)16(2,3)4/h5-8,11-12,17H,9-10H2,1-4H3. The van der Waals surface area contributed by atoms with E-state index in [-0.39, 0.29) is 5.41 Å². The Morgan fingerprint density at radius 1 is 1.20 bits per heavy atom. The molecule has 4 nitrogen and oxygen atoms in total. The first-order valence-electron chi connectivity index (χ1n) is 7.06. The van der Waals surface area contributed by atoms with Gasteiger partial charge >= 0.3 is 0 Å². The van der Waals surface area contributed by atoms with Gasteiger partial charge in [-0.05, 0) is 23.5 Å². The summed E-state index contributed by atoms with van der Waals surface area (Å²) >= 11 is 0. The first kappa shape index (κ1) is 14.7. The molecule has 1 heterocycles. The van der Waals surface area contributed by atoms with Crippen LogP contribution >= 0.6 is 0 Å². The summed E-state index contributed by atoms with van der Waals surface area (Å²) in [6.07, 6.45) is 2.14. The summed E-state index contributed by atoms with van der Waals surface area (Å²) in [4.78, 5) is 4.01. The van der Waals surface area contributed by atoms with Crippen molar-refractivity contribution in [1.82, 2.24) is 15.5 Å². The van der Waals surface area contributed by atoms with Gasteiger partial charge in [0.1, 0.15) is 0 Å². The molecule has 108 valence electrons. The lowest BCUT2D eigenvalue weighted by Gasteiger charge is -2.20. The maximum absolute atomic E-state index is 4.71. The van der Waals surface area contributed by atoms with Gasteiger partial charge in [-0.25, -0.2) is 0 Å². The Bertz CT molecular complexity index is 512. The highest BCUT2D eigenvalue weighted by Gasteiger charge is 2.13. The van der Waals surface area contributed by atoms with Gasteiger partial charge in [-0.1, -0.05) is 50.2 Å². The van der Waals surface area contributed by atoms with E-state index in [0.29, 0.717) is 6.04 Å². The van der Waals surface area contributed by atoms with E-state index < -0.39 is 0 Å². The molecule has 0 saturated carbocycles. The van der Waals surface area contributed by atoms with Crippen molar-refractivity contribution in [1.29, 1.82) is 0 Å². The maximum atomic E-state index is 4.71. The van der Waals surface area contributed by atoms with E-state index in [0.717, 1.165) is 18.8 Å². The minimum atomic E-state index is 0.202. The van der Waals surface area contributed by atoms with Crippen molar-refractivity contribution in [2.45, 2.75) is 45.6 Å². The SMILES string of the molecule is CC(NCCc1ncon1)c1ccc(C(C)(C)C)cc1. The number of aromatic nitrogens is 2. The minimum absolute atomic E-state index is 0.202. The van der Waals surface area contributed by atoms with E-state index in [4.69, 9.17) is 4.52 Å². The normalized spacial score (nSPS) is 13.4. The lowest BCUT2D eigenvalue weighted by molar-refractivity contribution is 0.408. The average Bonchev–Trinajstić information content (AvgIpc) is 2.91. The predicted octanol–water partition coefficient (Wildman–Crippen LogP) is 3.26. The Morgan fingerprint density at radius 3 is 2.45 bits per heavy atom. The summed E-state index contributed by atoms with van der Waals surface area (Å²) in [6, 6.07) is 9.15. The van der Waals surface area contributed by atoms with Crippen molar-refractivity contribution >= 4 is 0 Å². The van der Waals surface area contributed by atoms with Crippen molar-refractivity contribution in [2.24, 2.45) is 0 Å². The Kier molecular flexibility index (Phi) is 4.55. The molecule has 1 aromatic carbocycles. The fourth-order valence-electron chi connectivity index (χ4n) is 2.09. The van der Waals surface area contributed by atoms with Crippen molar-refractivity contribution in [3.05, 3.63) is 47.6 Å². The number of hydrogen-bond donors (Lipinski definition) is 1. The fraction of sp³-hybridized carbons (Fsp3) is 0.500. The molecule has 1 N–H and O–H groups in total. The van der Waals surface area contributed by atoms with Gasteiger partial charge < -0.3 is 9.84 Å². The van der Waals surface area contributed by atoms with E-state index in [9.17, 15) is 0 Å². The molecular formula is C16H23N3O. The monoisotopic (exact) mass is 273 g/mol. The highest BCUT2D eigenvalue weighted by Crippen LogP contribution is 2.23. The summed E-state index contributed by atoms with van der Waals surface area (Å²) in [5, 5.41) is 7.27. The van der Waals surface area contributed by atoms with E-state index in [1.807, 2.05) is 0 Å².